The van der Waals surface area contributed by atoms with Gasteiger partial charge in [-0.25, -0.2) is 0 Å². The number of hydrogen-bond acceptors (Lipinski definition) is 1. The van der Waals surface area contributed by atoms with Crippen LogP contribution in [-0.4, -0.2) is 6.21 Å². The van der Waals surface area contributed by atoms with E-state index in [-0.39, 0.29) is 0 Å². The molecule has 0 saturated heterocycles. The number of hydrogen-bond donors (Lipinski definition) is 1. The molecule has 0 aliphatic heterocycles. The molecule has 0 fully saturated rings. The molecule has 0 spiro atoms. The van der Waals surface area contributed by atoms with Crippen molar-refractivity contribution in [2.45, 2.75) is 46.5 Å². The maximum absolute atomic E-state index is 7.27. The molecule has 0 amide bonds. The van der Waals surface area contributed by atoms with Crippen molar-refractivity contribution in [3.63, 3.8) is 0 Å². The first kappa shape index (κ1) is 9.50. The van der Waals surface area contributed by atoms with Crippen LogP contribution >= 0.6 is 0 Å². The van der Waals surface area contributed by atoms with Gasteiger partial charge in [-0.2, -0.15) is 0 Å². The Labute approximate surface area is 75.4 Å². The summed E-state index contributed by atoms with van der Waals surface area (Å²) in [6, 6.07) is 0. The lowest BCUT2D eigenvalue weighted by molar-refractivity contribution is 0.331. The van der Waals surface area contributed by atoms with E-state index in [1.54, 1.807) is 0 Å². The van der Waals surface area contributed by atoms with Crippen LogP contribution in [0.15, 0.2) is 11.1 Å². The average Bonchev–Trinajstić information content (AvgIpc) is 2.07. The highest BCUT2D eigenvalue weighted by molar-refractivity contribution is 5.76. The maximum Gasteiger partial charge on any atom is 0.0209 e. The first-order chi connectivity index (χ1) is 5.55. The fourth-order valence-electron chi connectivity index (χ4n) is 2.09. The average molecular weight is 165 g/mol. The zero-order chi connectivity index (χ0) is 9.19. The van der Waals surface area contributed by atoms with Crippen LogP contribution in [-0.2, 0) is 0 Å². The molecule has 68 valence electrons. The Kier molecular flexibility index (Phi) is 2.71. The lowest BCUT2D eigenvalue weighted by Crippen LogP contribution is -2.09. The summed E-state index contributed by atoms with van der Waals surface area (Å²) in [4.78, 5) is 0. The Morgan fingerprint density at radius 2 is 2.08 bits per heavy atom. The zero-order valence-electron chi connectivity index (χ0n) is 8.41. The van der Waals surface area contributed by atoms with Gasteiger partial charge in [-0.05, 0) is 43.6 Å². The Morgan fingerprint density at radius 1 is 1.42 bits per heavy atom. The SMILES string of the molecule is CC1=C(C=N)CCCC(C)(C)C1. The van der Waals surface area contributed by atoms with Crippen molar-refractivity contribution in [3.05, 3.63) is 11.1 Å². The van der Waals surface area contributed by atoms with Gasteiger partial charge in [0.25, 0.3) is 0 Å². The van der Waals surface area contributed by atoms with Crippen molar-refractivity contribution in [3.8, 4) is 0 Å². The Bertz CT molecular complexity index is 211. The molecule has 1 aliphatic rings. The molecular weight excluding hydrogens is 146 g/mol. The van der Waals surface area contributed by atoms with E-state index in [2.05, 4.69) is 20.8 Å². The topological polar surface area (TPSA) is 23.9 Å². The molecule has 1 heteroatoms. The second kappa shape index (κ2) is 3.42. The fraction of sp³-hybridized carbons (Fsp3) is 0.727. The summed E-state index contributed by atoms with van der Waals surface area (Å²) in [7, 11) is 0. The normalized spacial score (nSPS) is 23.6. The molecule has 0 radical (unpaired) electrons. The van der Waals surface area contributed by atoms with Crippen molar-refractivity contribution >= 4 is 6.21 Å². The minimum Gasteiger partial charge on any atom is -0.308 e. The van der Waals surface area contributed by atoms with E-state index in [0.717, 1.165) is 12.8 Å². The predicted molar refractivity (Wildman–Crippen MR) is 53.7 cm³/mol. The number of rotatable bonds is 1. The van der Waals surface area contributed by atoms with Crippen LogP contribution in [0.3, 0.4) is 0 Å². The smallest absolute Gasteiger partial charge is 0.0209 e. The molecule has 0 aromatic rings. The van der Waals surface area contributed by atoms with E-state index in [9.17, 15) is 0 Å². The lowest BCUT2D eigenvalue weighted by atomic mass is 9.83. The summed E-state index contributed by atoms with van der Waals surface area (Å²) in [5.74, 6) is 0. The second-order valence-electron chi connectivity index (χ2n) is 4.64. The van der Waals surface area contributed by atoms with E-state index >= 15 is 0 Å². The lowest BCUT2D eigenvalue weighted by Gasteiger charge is -2.22. The van der Waals surface area contributed by atoms with Gasteiger partial charge in [-0.1, -0.05) is 19.4 Å². The maximum atomic E-state index is 7.27. The third-order valence-electron chi connectivity index (χ3n) is 2.77. The summed E-state index contributed by atoms with van der Waals surface area (Å²) in [6.45, 7) is 6.82. The van der Waals surface area contributed by atoms with Gasteiger partial charge in [0.05, 0.1) is 0 Å². The minimum absolute atomic E-state index is 0.453. The molecule has 0 atom stereocenters. The van der Waals surface area contributed by atoms with Crippen LogP contribution in [0.4, 0.5) is 0 Å². The molecule has 0 unspecified atom stereocenters. The monoisotopic (exact) mass is 165 g/mol. The van der Waals surface area contributed by atoms with Gasteiger partial charge in [0.15, 0.2) is 0 Å². The number of allylic oxidation sites excluding steroid dienone is 2. The van der Waals surface area contributed by atoms with Crippen LogP contribution in [0.2, 0.25) is 0 Å². The van der Waals surface area contributed by atoms with Crippen molar-refractivity contribution in [1.29, 1.82) is 5.41 Å². The van der Waals surface area contributed by atoms with Gasteiger partial charge < -0.3 is 5.41 Å². The molecule has 0 bridgehead atoms. The standard InChI is InChI=1S/C11H19N/c1-9-7-11(2,3)6-4-5-10(9)8-12/h8,12H,4-7H2,1-3H3. The zero-order valence-corrected chi connectivity index (χ0v) is 8.41. The highest BCUT2D eigenvalue weighted by Crippen LogP contribution is 2.35. The van der Waals surface area contributed by atoms with E-state index in [1.807, 2.05) is 0 Å². The molecule has 0 heterocycles. The van der Waals surface area contributed by atoms with Crippen molar-refractivity contribution in [2.24, 2.45) is 5.41 Å². The predicted octanol–water partition coefficient (Wildman–Crippen LogP) is 3.55. The summed E-state index contributed by atoms with van der Waals surface area (Å²) < 4.78 is 0. The Balaban J connectivity index is 2.82. The first-order valence-electron chi connectivity index (χ1n) is 4.74. The van der Waals surface area contributed by atoms with Crippen LogP contribution in [0, 0.1) is 10.8 Å². The fourth-order valence-corrected chi connectivity index (χ4v) is 2.09. The van der Waals surface area contributed by atoms with Gasteiger partial charge in [-0.3, -0.25) is 0 Å². The molecule has 0 aromatic carbocycles. The molecule has 1 nitrogen and oxygen atoms in total. The number of nitrogens with one attached hydrogen (secondary N) is 1. The van der Waals surface area contributed by atoms with Crippen LogP contribution in [0.1, 0.15) is 46.5 Å². The van der Waals surface area contributed by atoms with Crippen molar-refractivity contribution in [1.82, 2.24) is 0 Å². The molecule has 1 aliphatic carbocycles. The van der Waals surface area contributed by atoms with Gasteiger partial charge in [0.1, 0.15) is 0 Å². The van der Waals surface area contributed by atoms with E-state index in [1.165, 1.54) is 30.2 Å². The first-order valence-corrected chi connectivity index (χ1v) is 4.74. The second-order valence-corrected chi connectivity index (χ2v) is 4.64. The van der Waals surface area contributed by atoms with Crippen molar-refractivity contribution < 1.29 is 0 Å². The highest BCUT2D eigenvalue weighted by Gasteiger charge is 2.21. The largest absolute Gasteiger partial charge is 0.308 e. The Hall–Kier alpha value is -0.590. The summed E-state index contributed by atoms with van der Waals surface area (Å²) in [5.41, 5.74) is 3.14. The molecule has 0 aromatic heterocycles. The van der Waals surface area contributed by atoms with Crippen LogP contribution in [0.25, 0.3) is 0 Å². The van der Waals surface area contributed by atoms with Gasteiger partial charge in [0, 0.05) is 6.21 Å². The van der Waals surface area contributed by atoms with Crippen LogP contribution in [0.5, 0.6) is 0 Å². The molecule has 0 saturated carbocycles. The van der Waals surface area contributed by atoms with Crippen molar-refractivity contribution in [2.75, 3.05) is 0 Å². The van der Waals surface area contributed by atoms with Crippen LogP contribution < -0.4 is 0 Å². The highest BCUT2D eigenvalue weighted by atomic mass is 14.4. The van der Waals surface area contributed by atoms with E-state index < -0.39 is 0 Å². The summed E-state index contributed by atoms with van der Waals surface area (Å²) in [5, 5.41) is 7.27. The van der Waals surface area contributed by atoms with Gasteiger partial charge in [0.2, 0.25) is 0 Å². The van der Waals surface area contributed by atoms with E-state index in [4.69, 9.17) is 5.41 Å². The third-order valence-corrected chi connectivity index (χ3v) is 2.77. The summed E-state index contributed by atoms with van der Waals surface area (Å²) in [6.07, 6.45) is 6.35. The quantitative estimate of drug-likeness (QED) is 0.574. The molecule has 12 heavy (non-hydrogen) atoms. The van der Waals surface area contributed by atoms with E-state index in [0.29, 0.717) is 5.41 Å². The molecule has 1 N–H and O–H groups in total. The molecular formula is C11H19N. The Morgan fingerprint density at radius 3 is 2.67 bits per heavy atom. The van der Waals surface area contributed by atoms with Gasteiger partial charge >= 0.3 is 0 Å². The molecule has 1 rings (SSSR count). The summed E-state index contributed by atoms with van der Waals surface area (Å²) >= 11 is 0. The van der Waals surface area contributed by atoms with Gasteiger partial charge in [-0.15, -0.1) is 0 Å². The minimum atomic E-state index is 0.453. The third kappa shape index (κ3) is 2.20.